The third-order valence-corrected chi connectivity index (χ3v) is 4.17. The molecule has 0 bridgehead atoms. The van der Waals surface area contributed by atoms with E-state index in [-0.39, 0.29) is 18.1 Å². The van der Waals surface area contributed by atoms with Crippen molar-refractivity contribution in [1.82, 2.24) is 4.90 Å². The molecule has 1 aliphatic heterocycles. The molecule has 0 saturated carbocycles. The van der Waals surface area contributed by atoms with E-state index in [1.807, 2.05) is 4.90 Å². The molecular formula is C15H16ClF6NO. The number of rotatable bonds is 4. The summed E-state index contributed by atoms with van der Waals surface area (Å²) in [5, 5.41) is -0.501. The first kappa shape index (κ1) is 19.3. The van der Waals surface area contributed by atoms with Gasteiger partial charge in [-0.05, 0) is 37.1 Å². The van der Waals surface area contributed by atoms with Gasteiger partial charge in [-0.1, -0.05) is 11.6 Å². The van der Waals surface area contributed by atoms with Crippen LogP contribution in [0, 0.1) is 0 Å². The molecule has 1 saturated heterocycles. The van der Waals surface area contributed by atoms with Crippen LogP contribution in [0.4, 0.5) is 26.3 Å². The summed E-state index contributed by atoms with van der Waals surface area (Å²) in [6.07, 6.45) is -9.44. The molecule has 9 heteroatoms. The number of ether oxygens (including phenoxy) is 1. The zero-order chi connectivity index (χ0) is 18.0. The maximum Gasteiger partial charge on any atom is 0.416 e. The van der Waals surface area contributed by atoms with Crippen LogP contribution < -0.4 is 0 Å². The number of halogens is 7. The van der Waals surface area contributed by atoms with Crippen LogP contribution in [0.3, 0.4) is 0 Å². The molecule has 136 valence electrons. The topological polar surface area (TPSA) is 12.5 Å². The van der Waals surface area contributed by atoms with Crippen molar-refractivity contribution in [2.75, 3.05) is 32.8 Å². The molecule has 0 aliphatic carbocycles. The van der Waals surface area contributed by atoms with Gasteiger partial charge < -0.3 is 4.74 Å². The molecule has 0 amide bonds. The highest BCUT2D eigenvalue weighted by Crippen LogP contribution is 2.40. The molecule has 1 fully saturated rings. The minimum Gasteiger partial charge on any atom is -0.379 e. The molecule has 1 aromatic carbocycles. The summed E-state index contributed by atoms with van der Waals surface area (Å²) in [5.41, 5.74) is -2.99. The average Bonchev–Trinajstić information content (AvgIpc) is 2.47. The zero-order valence-electron chi connectivity index (χ0n) is 12.6. The number of benzene rings is 1. The average molecular weight is 376 g/mol. The normalized spacial score (nSPS) is 17.3. The fourth-order valence-electron chi connectivity index (χ4n) is 2.61. The Labute approximate surface area is 140 Å². The summed E-state index contributed by atoms with van der Waals surface area (Å²) >= 11 is 5.73. The van der Waals surface area contributed by atoms with Crippen LogP contribution in [0.1, 0.15) is 23.1 Å². The fraction of sp³-hybridized carbons (Fsp3) is 0.600. The molecule has 1 aromatic rings. The van der Waals surface area contributed by atoms with Gasteiger partial charge in [0.05, 0.1) is 24.3 Å². The van der Waals surface area contributed by atoms with Gasteiger partial charge in [-0.15, -0.1) is 0 Å². The lowest BCUT2D eigenvalue weighted by atomic mass is 9.99. The van der Waals surface area contributed by atoms with Crippen molar-refractivity contribution >= 4 is 11.6 Å². The lowest BCUT2D eigenvalue weighted by Crippen LogP contribution is -2.37. The first-order chi connectivity index (χ1) is 11.1. The Hall–Kier alpha value is -0.990. The van der Waals surface area contributed by atoms with Crippen molar-refractivity contribution in [3.05, 3.63) is 33.8 Å². The van der Waals surface area contributed by atoms with Crippen LogP contribution in [0.15, 0.2) is 12.1 Å². The predicted octanol–water partition coefficient (Wildman–Crippen LogP) is 4.64. The molecule has 1 aliphatic rings. The van der Waals surface area contributed by atoms with Crippen LogP contribution in [0.25, 0.3) is 0 Å². The van der Waals surface area contributed by atoms with Gasteiger partial charge in [0, 0.05) is 18.1 Å². The van der Waals surface area contributed by atoms with Crippen molar-refractivity contribution in [2.24, 2.45) is 0 Å². The number of nitrogens with zero attached hydrogens (tertiary/aromatic N) is 1. The standard InChI is InChI=1S/C15H16ClF6NO/c16-13-9-10(14(17,18)19)8-12(15(20,21)22)11(13)2-1-3-23-4-6-24-7-5-23/h8-9H,1-7H2. The SMILES string of the molecule is FC(F)(F)c1cc(Cl)c(CCCN2CCOCC2)c(C(F)(F)F)c1. The van der Waals surface area contributed by atoms with E-state index < -0.39 is 28.5 Å². The van der Waals surface area contributed by atoms with Crippen molar-refractivity contribution in [1.29, 1.82) is 0 Å². The van der Waals surface area contributed by atoms with Crippen LogP contribution >= 0.6 is 11.6 Å². The summed E-state index contributed by atoms with van der Waals surface area (Å²) < 4.78 is 82.7. The van der Waals surface area contributed by atoms with E-state index in [0.29, 0.717) is 45.3 Å². The molecular weight excluding hydrogens is 360 g/mol. The van der Waals surface area contributed by atoms with Crippen molar-refractivity contribution in [2.45, 2.75) is 25.2 Å². The smallest absolute Gasteiger partial charge is 0.379 e. The molecule has 0 aromatic heterocycles. The van der Waals surface area contributed by atoms with Gasteiger partial charge in [-0.25, -0.2) is 0 Å². The molecule has 24 heavy (non-hydrogen) atoms. The third kappa shape index (κ3) is 5.00. The molecule has 0 unspecified atom stereocenters. The Balaban J connectivity index is 2.18. The number of alkyl halides is 6. The Morgan fingerprint density at radius 3 is 2.17 bits per heavy atom. The van der Waals surface area contributed by atoms with Crippen LogP contribution in [-0.2, 0) is 23.5 Å². The van der Waals surface area contributed by atoms with Crippen molar-refractivity contribution in [3.8, 4) is 0 Å². The Morgan fingerprint density at radius 1 is 1.00 bits per heavy atom. The molecule has 0 radical (unpaired) electrons. The van der Waals surface area contributed by atoms with Gasteiger partial charge in [0.25, 0.3) is 0 Å². The van der Waals surface area contributed by atoms with E-state index in [2.05, 4.69) is 0 Å². The van der Waals surface area contributed by atoms with Gasteiger partial charge in [0.15, 0.2) is 0 Å². The molecule has 0 atom stereocenters. The van der Waals surface area contributed by atoms with E-state index in [1.165, 1.54) is 0 Å². The maximum absolute atomic E-state index is 13.1. The van der Waals surface area contributed by atoms with Gasteiger partial charge in [-0.3, -0.25) is 4.90 Å². The second kappa shape index (κ2) is 7.49. The molecule has 2 nitrogen and oxygen atoms in total. The summed E-state index contributed by atoms with van der Waals surface area (Å²) in [4.78, 5) is 2.04. The van der Waals surface area contributed by atoms with E-state index in [1.54, 1.807) is 0 Å². The molecule has 0 spiro atoms. The lowest BCUT2D eigenvalue weighted by molar-refractivity contribution is -0.143. The molecule has 0 N–H and O–H groups in total. The highest BCUT2D eigenvalue weighted by Gasteiger charge is 2.39. The van der Waals surface area contributed by atoms with E-state index in [4.69, 9.17) is 16.3 Å². The van der Waals surface area contributed by atoms with Crippen LogP contribution in [0.5, 0.6) is 0 Å². The van der Waals surface area contributed by atoms with E-state index in [0.717, 1.165) is 0 Å². The van der Waals surface area contributed by atoms with E-state index in [9.17, 15) is 26.3 Å². The Kier molecular flexibility index (Phi) is 6.04. The van der Waals surface area contributed by atoms with Gasteiger partial charge in [0.1, 0.15) is 0 Å². The third-order valence-electron chi connectivity index (χ3n) is 3.83. The highest BCUT2D eigenvalue weighted by molar-refractivity contribution is 6.31. The zero-order valence-corrected chi connectivity index (χ0v) is 13.4. The fourth-order valence-corrected chi connectivity index (χ4v) is 2.93. The molecule has 1 heterocycles. The number of hydrogen-bond acceptors (Lipinski definition) is 2. The second-order valence-electron chi connectivity index (χ2n) is 5.54. The summed E-state index contributed by atoms with van der Waals surface area (Å²) in [7, 11) is 0. The highest BCUT2D eigenvalue weighted by atomic mass is 35.5. The predicted molar refractivity (Wildman–Crippen MR) is 77.0 cm³/mol. The van der Waals surface area contributed by atoms with Gasteiger partial charge >= 0.3 is 12.4 Å². The van der Waals surface area contributed by atoms with Crippen molar-refractivity contribution in [3.63, 3.8) is 0 Å². The summed E-state index contributed by atoms with van der Waals surface area (Å²) in [6, 6.07) is 0.691. The first-order valence-corrected chi connectivity index (χ1v) is 7.74. The minimum atomic E-state index is -4.89. The monoisotopic (exact) mass is 375 g/mol. The Morgan fingerprint density at radius 2 is 1.62 bits per heavy atom. The minimum absolute atomic E-state index is 0.0385. The maximum atomic E-state index is 13.1. The summed E-state index contributed by atoms with van der Waals surface area (Å²) in [5.74, 6) is 0. The largest absolute Gasteiger partial charge is 0.416 e. The van der Waals surface area contributed by atoms with Gasteiger partial charge in [0.2, 0.25) is 0 Å². The number of morpholine rings is 1. The van der Waals surface area contributed by atoms with Crippen molar-refractivity contribution < 1.29 is 31.1 Å². The quantitative estimate of drug-likeness (QED) is 0.711. The second-order valence-corrected chi connectivity index (χ2v) is 5.94. The van der Waals surface area contributed by atoms with Crippen LogP contribution in [0.2, 0.25) is 5.02 Å². The molecule has 2 rings (SSSR count). The Bertz CT molecular complexity index is 566. The number of hydrogen-bond donors (Lipinski definition) is 0. The first-order valence-electron chi connectivity index (χ1n) is 7.36. The van der Waals surface area contributed by atoms with Gasteiger partial charge in [-0.2, -0.15) is 26.3 Å². The van der Waals surface area contributed by atoms with Crippen LogP contribution in [-0.4, -0.2) is 37.7 Å². The van der Waals surface area contributed by atoms with E-state index >= 15 is 0 Å². The lowest BCUT2D eigenvalue weighted by Gasteiger charge is -2.26. The summed E-state index contributed by atoms with van der Waals surface area (Å²) in [6.45, 7) is 3.04.